The molecule has 12 heteroatoms. The zero-order chi connectivity index (χ0) is 24.1. The molecule has 0 aliphatic carbocycles. The quantitative estimate of drug-likeness (QED) is 0.310. The summed E-state index contributed by atoms with van der Waals surface area (Å²) in [5.74, 6) is -3.29. The number of aromatic amines is 1. The Balaban J connectivity index is 1.55. The summed E-state index contributed by atoms with van der Waals surface area (Å²) in [6.45, 7) is 0.645. The van der Waals surface area contributed by atoms with Crippen LogP contribution in [0.15, 0.2) is 29.1 Å². The molecule has 0 saturated carbocycles. The topological polar surface area (TPSA) is 187 Å². The Morgan fingerprint density at radius 2 is 1.91 bits per heavy atom. The molecule has 33 heavy (non-hydrogen) atoms. The number of amides is 1. The number of alkyl halides is 1. The van der Waals surface area contributed by atoms with Gasteiger partial charge in [0.2, 0.25) is 5.95 Å². The molecule has 2 aromatic rings. The summed E-state index contributed by atoms with van der Waals surface area (Å²) < 4.78 is 13.4. The summed E-state index contributed by atoms with van der Waals surface area (Å²) in [5, 5.41) is 23.0. The van der Waals surface area contributed by atoms with Gasteiger partial charge in [-0.25, -0.2) is 14.0 Å². The van der Waals surface area contributed by atoms with Crippen molar-refractivity contribution >= 4 is 29.6 Å². The predicted molar refractivity (Wildman–Crippen MR) is 116 cm³/mol. The number of carboxylic acid groups (broad SMARTS) is 2. The summed E-state index contributed by atoms with van der Waals surface area (Å²) in [6, 6.07) is 4.80. The highest BCUT2D eigenvalue weighted by molar-refractivity contribution is 5.96. The van der Waals surface area contributed by atoms with E-state index in [-0.39, 0.29) is 23.0 Å². The van der Waals surface area contributed by atoms with E-state index < -0.39 is 36.5 Å². The highest BCUT2D eigenvalue weighted by Crippen LogP contribution is 2.23. The van der Waals surface area contributed by atoms with Gasteiger partial charge >= 0.3 is 11.9 Å². The van der Waals surface area contributed by atoms with Crippen LogP contribution in [0.4, 0.5) is 16.2 Å². The number of H-pyrrole nitrogens is 1. The Hall–Kier alpha value is -3.96. The fourth-order valence-electron chi connectivity index (χ4n) is 3.62. The number of rotatable bonds is 9. The predicted octanol–water partition coefficient (Wildman–Crippen LogP) is 0.565. The van der Waals surface area contributed by atoms with Crippen molar-refractivity contribution in [1.29, 1.82) is 0 Å². The number of benzene rings is 1. The molecule has 3 rings (SSSR count). The number of nitrogen functional groups attached to an aromatic ring is 1. The van der Waals surface area contributed by atoms with Gasteiger partial charge in [-0.15, -0.1) is 0 Å². The molecule has 0 radical (unpaired) electrons. The van der Waals surface area contributed by atoms with E-state index in [4.69, 9.17) is 15.9 Å². The van der Waals surface area contributed by atoms with Crippen LogP contribution in [0, 0.1) is 5.92 Å². The number of carboxylic acids is 2. The van der Waals surface area contributed by atoms with E-state index in [9.17, 15) is 23.6 Å². The van der Waals surface area contributed by atoms with Crippen molar-refractivity contribution < 1.29 is 29.0 Å². The second-order valence-electron chi connectivity index (χ2n) is 7.87. The normalized spacial score (nSPS) is 16.7. The summed E-state index contributed by atoms with van der Waals surface area (Å²) in [7, 11) is 0. The van der Waals surface area contributed by atoms with Crippen molar-refractivity contribution in [3.8, 4) is 0 Å². The highest BCUT2D eigenvalue weighted by Gasteiger charge is 2.28. The van der Waals surface area contributed by atoms with Crippen molar-refractivity contribution in [2.24, 2.45) is 5.92 Å². The van der Waals surface area contributed by atoms with E-state index in [1.54, 1.807) is 12.1 Å². The van der Waals surface area contributed by atoms with Gasteiger partial charge in [-0.05, 0) is 42.9 Å². The molecule has 1 aliphatic rings. The van der Waals surface area contributed by atoms with Crippen LogP contribution in [-0.4, -0.2) is 56.8 Å². The maximum Gasteiger partial charge on any atom is 0.338 e. The van der Waals surface area contributed by atoms with E-state index in [1.807, 2.05) is 0 Å². The molecule has 0 saturated heterocycles. The number of nitrogens with zero attached hydrogens (tertiary/aromatic N) is 1. The molecule has 1 aromatic heterocycles. The molecule has 1 aromatic carbocycles. The molecular weight excluding hydrogens is 437 g/mol. The number of carbonyl (C=O) groups excluding carboxylic acids is 1. The summed E-state index contributed by atoms with van der Waals surface area (Å²) in [6.07, 6.45) is -1.26. The first kappa shape index (κ1) is 23.7. The zero-order valence-electron chi connectivity index (χ0n) is 17.5. The van der Waals surface area contributed by atoms with Crippen molar-refractivity contribution in [1.82, 2.24) is 15.3 Å². The first-order chi connectivity index (χ1) is 15.6. The van der Waals surface area contributed by atoms with Crippen molar-refractivity contribution in [2.45, 2.75) is 37.9 Å². The van der Waals surface area contributed by atoms with Gasteiger partial charge in [-0.1, -0.05) is 12.1 Å². The van der Waals surface area contributed by atoms with Crippen molar-refractivity contribution in [2.75, 3.05) is 17.6 Å². The molecule has 176 valence electrons. The van der Waals surface area contributed by atoms with Crippen LogP contribution in [0.3, 0.4) is 0 Å². The first-order valence-corrected chi connectivity index (χ1v) is 10.3. The third-order valence-corrected chi connectivity index (χ3v) is 5.46. The molecule has 0 spiro atoms. The zero-order valence-corrected chi connectivity index (χ0v) is 17.5. The number of nitrogens with two attached hydrogens (primary N) is 1. The third kappa shape index (κ3) is 6.05. The molecule has 0 fully saturated rings. The lowest BCUT2D eigenvalue weighted by atomic mass is 9.91. The van der Waals surface area contributed by atoms with Crippen LogP contribution in [0.5, 0.6) is 0 Å². The molecular formula is C21H24FN5O6. The lowest BCUT2D eigenvalue weighted by Gasteiger charge is -2.24. The van der Waals surface area contributed by atoms with E-state index >= 15 is 0 Å². The second-order valence-corrected chi connectivity index (χ2v) is 7.87. The summed E-state index contributed by atoms with van der Waals surface area (Å²) in [4.78, 5) is 52.8. The molecule has 0 unspecified atom stereocenters. The number of carbonyl (C=O) groups is 3. The molecule has 2 heterocycles. The highest BCUT2D eigenvalue weighted by atomic mass is 19.1. The molecule has 3 atom stereocenters. The van der Waals surface area contributed by atoms with Gasteiger partial charge in [0.15, 0.2) is 6.17 Å². The summed E-state index contributed by atoms with van der Waals surface area (Å²) in [5.41, 5.74) is 6.97. The number of anilines is 2. The maximum absolute atomic E-state index is 13.4. The third-order valence-electron chi connectivity index (χ3n) is 5.46. The minimum absolute atomic E-state index is 0.0647. The number of hydrogen-bond donors (Lipinski definition) is 6. The standard InChI is InChI=1S/C21H24FN5O6/c22-14(19(30)31)8-15(20(32)33)25-17(28)12-5-3-10(4-6-12)1-2-11-7-13-16(24-9-11)26-21(23)27-18(13)29/h3-6,11,14-15H,1-2,7-9H2,(H,25,28)(H,30,31)(H,32,33)(H4,23,24,26,27,29)/t11-,14+,15+/m1/s1. The van der Waals surface area contributed by atoms with Gasteiger partial charge in [0.25, 0.3) is 11.5 Å². The maximum atomic E-state index is 13.4. The number of aromatic nitrogens is 2. The van der Waals surface area contributed by atoms with Gasteiger partial charge in [0, 0.05) is 18.5 Å². The van der Waals surface area contributed by atoms with Crippen LogP contribution in [0.25, 0.3) is 0 Å². The van der Waals surface area contributed by atoms with Crippen molar-refractivity contribution in [3.05, 3.63) is 51.3 Å². The smallest absolute Gasteiger partial charge is 0.338 e. The van der Waals surface area contributed by atoms with Crippen LogP contribution in [0.2, 0.25) is 0 Å². The number of fused-ring (bicyclic) bond motifs is 1. The Morgan fingerprint density at radius 3 is 2.55 bits per heavy atom. The number of aliphatic carboxylic acids is 2. The fraction of sp³-hybridized carbons (Fsp3) is 0.381. The number of halogens is 1. The molecule has 1 amide bonds. The Labute approximate surface area is 187 Å². The summed E-state index contributed by atoms with van der Waals surface area (Å²) >= 11 is 0. The van der Waals surface area contributed by atoms with E-state index in [1.165, 1.54) is 12.1 Å². The van der Waals surface area contributed by atoms with Crippen LogP contribution >= 0.6 is 0 Å². The molecule has 11 nitrogen and oxygen atoms in total. The van der Waals surface area contributed by atoms with Gasteiger partial charge in [-0.3, -0.25) is 14.6 Å². The van der Waals surface area contributed by atoms with Gasteiger partial charge in [-0.2, -0.15) is 4.98 Å². The Bertz CT molecular complexity index is 1100. The van der Waals surface area contributed by atoms with E-state index in [0.717, 1.165) is 12.0 Å². The van der Waals surface area contributed by atoms with Crippen molar-refractivity contribution in [3.63, 3.8) is 0 Å². The number of hydrogen-bond acceptors (Lipinski definition) is 7. The van der Waals surface area contributed by atoms with Gasteiger partial charge < -0.3 is 26.6 Å². The average molecular weight is 461 g/mol. The van der Waals surface area contributed by atoms with Crippen LogP contribution in [-0.2, 0) is 22.4 Å². The minimum atomic E-state index is -2.40. The Morgan fingerprint density at radius 1 is 1.21 bits per heavy atom. The molecule has 1 aliphatic heterocycles. The molecule has 0 bridgehead atoms. The largest absolute Gasteiger partial charge is 0.480 e. The van der Waals surface area contributed by atoms with E-state index in [0.29, 0.717) is 30.8 Å². The Kier molecular flexibility index (Phi) is 7.26. The fourth-order valence-corrected chi connectivity index (χ4v) is 3.62. The van der Waals surface area contributed by atoms with Gasteiger partial charge in [0.1, 0.15) is 11.9 Å². The first-order valence-electron chi connectivity index (χ1n) is 10.3. The minimum Gasteiger partial charge on any atom is -0.480 e. The van der Waals surface area contributed by atoms with Gasteiger partial charge in [0.05, 0.1) is 5.56 Å². The van der Waals surface area contributed by atoms with Crippen LogP contribution < -0.4 is 21.9 Å². The molecule has 7 N–H and O–H groups in total. The lowest BCUT2D eigenvalue weighted by Crippen LogP contribution is -2.43. The lowest BCUT2D eigenvalue weighted by molar-refractivity contribution is -0.145. The van der Waals surface area contributed by atoms with E-state index in [2.05, 4.69) is 20.6 Å². The second kappa shape index (κ2) is 10.1. The van der Waals surface area contributed by atoms with Crippen LogP contribution in [0.1, 0.15) is 34.3 Å². The average Bonchev–Trinajstić information content (AvgIpc) is 2.77. The number of nitrogens with one attached hydrogen (secondary N) is 3. The SMILES string of the molecule is Nc1nc2c(c(=O)[nH]1)C[C@@H](CCc1ccc(C(=O)N[C@@H](C[C@H](F)C(=O)O)C(=O)O)cc1)CN2. The number of aryl methyl sites for hydroxylation is 1. The monoisotopic (exact) mass is 461 g/mol.